The van der Waals surface area contributed by atoms with Crippen molar-refractivity contribution in [2.75, 3.05) is 6.61 Å². The molecule has 0 aromatic heterocycles. The van der Waals surface area contributed by atoms with Gasteiger partial charge in [0, 0.05) is 17.1 Å². The van der Waals surface area contributed by atoms with Crippen LogP contribution in [0.4, 0.5) is 32.0 Å². The van der Waals surface area contributed by atoms with Gasteiger partial charge in [-0.2, -0.15) is 26.3 Å². The van der Waals surface area contributed by atoms with Crippen molar-refractivity contribution in [3.63, 3.8) is 0 Å². The first-order chi connectivity index (χ1) is 25.4. The van der Waals surface area contributed by atoms with E-state index >= 15 is 0 Å². The molecule has 2 N–H and O–H groups in total. The Kier molecular flexibility index (Phi) is 13.5. The summed E-state index contributed by atoms with van der Waals surface area (Å²) in [5, 5.41) is 40.4. The van der Waals surface area contributed by atoms with E-state index in [0.717, 1.165) is 54.6 Å². The van der Waals surface area contributed by atoms with Crippen LogP contribution in [-0.4, -0.2) is 50.6 Å². The molecular formula is C33H24Cl2F6N2O12. The van der Waals surface area contributed by atoms with Crippen LogP contribution in [0.5, 0.6) is 17.2 Å². The van der Waals surface area contributed by atoms with E-state index in [1.807, 2.05) is 0 Å². The number of aliphatic carboxylic acids is 1. The zero-order chi connectivity index (χ0) is 41.6. The Labute approximate surface area is 314 Å². The molecule has 4 rings (SSSR count). The second kappa shape index (κ2) is 17.1. The van der Waals surface area contributed by atoms with Crippen molar-refractivity contribution in [1.82, 2.24) is 0 Å². The molecule has 3 aromatic rings. The predicted octanol–water partition coefficient (Wildman–Crippen LogP) is 8.86. The number of carbonyl (C=O) groups is 3. The Morgan fingerprint density at radius 1 is 0.873 bits per heavy atom. The minimum Gasteiger partial charge on any atom is -0.480 e. The first-order valence-electron chi connectivity index (χ1n) is 15.0. The largest absolute Gasteiger partial charge is 0.480 e. The molecule has 0 amide bonds. The Hall–Kier alpha value is -5.89. The number of aromatic carboxylic acids is 1. The first kappa shape index (κ1) is 43.5. The van der Waals surface area contributed by atoms with Gasteiger partial charge in [-0.05, 0) is 67.6 Å². The molecule has 3 atom stereocenters. The van der Waals surface area contributed by atoms with E-state index in [1.54, 1.807) is 0 Å². The van der Waals surface area contributed by atoms with Gasteiger partial charge in [-0.1, -0.05) is 30.1 Å². The van der Waals surface area contributed by atoms with Gasteiger partial charge in [0.15, 0.2) is 5.41 Å². The van der Waals surface area contributed by atoms with E-state index < -0.39 is 84.9 Å². The third-order valence-corrected chi connectivity index (χ3v) is 8.23. The van der Waals surface area contributed by atoms with Crippen LogP contribution in [-0.2, 0) is 26.7 Å². The molecule has 0 fully saturated rings. The standard InChI is InChI=1S/C19H17ClF3NO7.C14H7ClF3NO5/c1-3-30-16(25)10(2)18(17(26)27)9-12(5-7-15(18)24(28)29)31-14-6-4-11(8-13(14)20)19(21,22)23;15-10-5-7(14(16,17)18)1-4-12(10)24-8-2-3-11(19(22)23)9(6-8)13(20)21/h4-10,15H,3H2,1-2H3,(H,26,27);1-6H,(H,20,21). The summed E-state index contributed by atoms with van der Waals surface area (Å²) in [5.41, 5.74) is -5.65. The van der Waals surface area contributed by atoms with Crippen LogP contribution < -0.4 is 9.47 Å². The molecule has 0 saturated carbocycles. The van der Waals surface area contributed by atoms with Crippen LogP contribution in [0.2, 0.25) is 10.0 Å². The van der Waals surface area contributed by atoms with Crippen molar-refractivity contribution in [2.45, 2.75) is 32.2 Å². The lowest BCUT2D eigenvalue weighted by Gasteiger charge is -2.34. The second-order valence-electron chi connectivity index (χ2n) is 11.1. The quantitative estimate of drug-likeness (QED) is 0.0805. The molecule has 14 nitrogen and oxygen atoms in total. The molecule has 3 aromatic carbocycles. The summed E-state index contributed by atoms with van der Waals surface area (Å²) in [6.45, 7) is 2.58. The lowest BCUT2D eigenvalue weighted by Crippen LogP contribution is -2.52. The van der Waals surface area contributed by atoms with Gasteiger partial charge in [0.25, 0.3) is 11.7 Å². The Balaban J connectivity index is 0.000000305. The molecule has 0 radical (unpaired) electrons. The number of hydrogen-bond acceptors (Lipinski definition) is 10. The maximum Gasteiger partial charge on any atom is 0.416 e. The summed E-state index contributed by atoms with van der Waals surface area (Å²) in [6.07, 6.45) is -6.33. The molecule has 0 heterocycles. The molecular weight excluding hydrogens is 801 g/mol. The molecule has 294 valence electrons. The van der Waals surface area contributed by atoms with Crippen molar-refractivity contribution in [3.8, 4) is 17.2 Å². The third kappa shape index (κ3) is 10.2. The number of nitro groups is 2. The summed E-state index contributed by atoms with van der Waals surface area (Å²) in [7, 11) is 0. The first-order valence-corrected chi connectivity index (χ1v) is 15.7. The number of rotatable bonds is 11. The van der Waals surface area contributed by atoms with Crippen LogP contribution in [0.25, 0.3) is 0 Å². The summed E-state index contributed by atoms with van der Waals surface area (Å²) in [6, 6.07) is 5.69. The maximum atomic E-state index is 12.8. The number of carboxylic acids is 2. The van der Waals surface area contributed by atoms with Gasteiger partial charge in [0.05, 0.1) is 38.6 Å². The van der Waals surface area contributed by atoms with E-state index in [4.69, 9.17) is 42.5 Å². The van der Waals surface area contributed by atoms with E-state index in [2.05, 4.69) is 0 Å². The lowest BCUT2D eigenvalue weighted by molar-refractivity contribution is -0.524. The number of nitro benzene ring substituents is 1. The molecule has 3 unspecified atom stereocenters. The van der Waals surface area contributed by atoms with Crippen molar-refractivity contribution in [3.05, 3.63) is 126 Å². The highest BCUT2D eigenvalue weighted by Crippen LogP contribution is 2.43. The molecule has 1 aliphatic rings. The summed E-state index contributed by atoms with van der Waals surface area (Å²) < 4.78 is 91.5. The van der Waals surface area contributed by atoms with Crippen molar-refractivity contribution in [1.29, 1.82) is 0 Å². The number of hydrogen-bond donors (Lipinski definition) is 2. The number of esters is 1. The molecule has 0 saturated heterocycles. The number of halogens is 8. The van der Waals surface area contributed by atoms with Crippen LogP contribution >= 0.6 is 23.2 Å². The average Bonchev–Trinajstić information content (AvgIpc) is 3.08. The monoisotopic (exact) mass is 824 g/mol. The van der Waals surface area contributed by atoms with Crippen molar-refractivity contribution < 1.29 is 75.0 Å². The second-order valence-corrected chi connectivity index (χ2v) is 11.9. The lowest BCUT2D eigenvalue weighted by atomic mass is 9.68. The highest BCUT2D eigenvalue weighted by molar-refractivity contribution is 6.32. The molecule has 0 spiro atoms. The van der Waals surface area contributed by atoms with Crippen LogP contribution in [0, 0.1) is 31.6 Å². The minimum absolute atomic E-state index is 0.0773. The normalized spacial score (nSPS) is 17.1. The Morgan fingerprint density at radius 2 is 1.40 bits per heavy atom. The van der Waals surface area contributed by atoms with Crippen LogP contribution in [0.3, 0.4) is 0 Å². The highest BCUT2D eigenvalue weighted by atomic mass is 35.5. The van der Waals surface area contributed by atoms with Gasteiger partial charge in [-0.25, -0.2) is 4.79 Å². The third-order valence-electron chi connectivity index (χ3n) is 7.64. The van der Waals surface area contributed by atoms with E-state index in [0.29, 0.717) is 18.2 Å². The fourth-order valence-corrected chi connectivity index (χ4v) is 5.36. The van der Waals surface area contributed by atoms with Gasteiger partial charge in [-0.3, -0.25) is 29.8 Å². The number of nitrogens with zero attached hydrogens (tertiary/aromatic N) is 2. The van der Waals surface area contributed by atoms with Crippen molar-refractivity contribution in [2.24, 2.45) is 11.3 Å². The van der Waals surface area contributed by atoms with Gasteiger partial charge in [0.2, 0.25) is 0 Å². The number of benzene rings is 3. The van der Waals surface area contributed by atoms with E-state index in [9.17, 15) is 66.1 Å². The number of ether oxygens (including phenoxy) is 3. The molecule has 0 bridgehead atoms. The maximum absolute atomic E-state index is 12.8. The van der Waals surface area contributed by atoms with Gasteiger partial charge >= 0.3 is 30.3 Å². The fourth-order valence-electron chi connectivity index (χ4n) is 4.92. The van der Waals surface area contributed by atoms with Crippen LogP contribution in [0.15, 0.2) is 78.6 Å². The summed E-state index contributed by atoms with van der Waals surface area (Å²) in [4.78, 5) is 56.0. The molecule has 0 aliphatic heterocycles. The Bertz CT molecular complexity index is 2070. The Morgan fingerprint density at radius 3 is 1.82 bits per heavy atom. The van der Waals surface area contributed by atoms with Gasteiger partial charge in [-0.15, -0.1) is 0 Å². The number of carbonyl (C=O) groups excluding carboxylic acids is 1. The minimum atomic E-state index is -4.64. The zero-order valence-corrected chi connectivity index (χ0v) is 29.2. The smallest absolute Gasteiger partial charge is 0.416 e. The van der Waals surface area contributed by atoms with E-state index in [-0.39, 0.29) is 34.6 Å². The highest BCUT2D eigenvalue weighted by Gasteiger charge is 2.59. The molecule has 1 aliphatic carbocycles. The fraction of sp³-hybridized carbons (Fsp3) is 0.242. The molecule has 55 heavy (non-hydrogen) atoms. The summed E-state index contributed by atoms with van der Waals surface area (Å²) >= 11 is 11.6. The van der Waals surface area contributed by atoms with Gasteiger partial charge in [0.1, 0.15) is 28.6 Å². The van der Waals surface area contributed by atoms with Crippen molar-refractivity contribution >= 4 is 46.8 Å². The topological polar surface area (TPSA) is 206 Å². The SMILES string of the molecule is CCOC(=O)C(C)C1(C(=O)O)C=C(Oc2ccc(C(F)(F)F)cc2Cl)C=CC1[N+](=O)[O-].O=C(O)c1cc(Oc2ccc(C(F)(F)F)cc2Cl)ccc1[N+](=O)[O-]. The predicted molar refractivity (Wildman–Crippen MR) is 178 cm³/mol. The zero-order valence-electron chi connectivity index (χ0n) is 27.7. The number of alkyl halides is 6. The van der Waals surface area contributed by atoms with Gasteiger partial charge < -0.3 is 24.4 Å². The number of carboxylic acid groups (broad SMARTS) is 2. The summed E-state index contributed by atoms with van der Waals surface area (Å²) in [5.74, 6) is -6.48. The van der Waals surface area contributed by atoms with Crippen LogP contribution in [0.1, 0.15) is 35.3 Å². The van der Waals surface area contributed by atoms with E-state index in [1.165, 1.54) is 13.8 Å². The number of allylic oxidation sites excluding steroid dienone is 1. The average molecular weight is 825 g/mol. The molecule has 22 heteroatoms.